The molecule has 0 saturated heterocycles. The van der Waals surface area contributed by atoms with Crippen LogP contribution in [0.5, 0.6) is 0 Å². The Labute approximate surface area is 254 Å². The van der Waals surface area contributed by atoms with Gasteiger partial charge in [0, 0.05) is 45.2 Å². The third kappa shape index (κ3) is 5.91. The number of hydrogen-bond acceptors (Lipinski definition) is 6. The van der Waals surface area contributed by atoms with Crippen molar-refractivity contribution >= 4 is 44.8 Å². The van der Waals surface area contributed by atoms with Gasteiger partial charge in [0.25, 0.3) is 11.8 Å². The van der Waals surface area contributed by atoms with Crippen LogP contribution in [0.4, 0.5) is 37.7 Å². The predicted molar refractivity (Wildman–Crippen MR) is 154 cm³/mol. The minimum atomic E-state index is -1.03. The molecule has 0 aliphatic carbocycles. The number of amides is 2. The molecule has 14 heteroatoms. The van der Waals surface area contributed by atoms with E-state index in [1.54, 1.807) is 46.2 Å². The van der Waals surface area contributed by atoms with E-state index in [-0.39, 0.29) is 60.5 Å². The van der Waals surface area contributed by atoms with Gasteiger partial charge in [-0.15, -0.1) is 0 Å². The SMILES string of the molecule is O=C1NCN(Cc2c(F)cc(F)cc2F)c2ccc(SSc3ccc4c(c3)C(=O)NCN4Cc3c(F)cc(F)cc3F)cc21. The number of halogens is 6. The van der Waals surface area contributed by atoms with Crippen molar-refractivity contribution in [3.8, 4) is 0 Å². The third-order valence-electron chi connectivity index (χ3n) is 7.11. The largest absolute Gasteiger partial charge is 0.349 e. The molecule has 2 aliphatic heterocycles. The lowest BCUT2D eigenvalue weighted by Gasteiger charge is -2.32. The summed E-state index contributed by atoms with van der Waals surface area (Å²) < 4.78 is 83.8. The van der Waals surface area contributed by atoms with Crippen LogP contribution in [0.2, 0.25) is 0 Å². The topological polar surface area (TPSA) is 64.7 Å². The van der Waals surface area contributed by atoms with Crippen LogP contribution in [0, 0.1) is 34.9 Å². The number of carbonyl (C=O) groups is 2. The van der Waals surface area contributed by atoms with Crippen molar-refractivity contribution in [1.82, 2.24) is 10.6 Å². The van der Waals surface area contributed by atoms with Crippen LogP contribution in [0.3, 0.4) is 0 Å². The van der Waals surface area contributed by atoms with E-state index >= 15 is 0 Å². The molecule has 6 rings (SSSR count). The Morgan fingerprint density at radius 2 is 0.932 bits per heavy atom. The van der Waals surface area contributed by atoms with E-state index in [1.165, 1.54) is 21.6 Å². The number of fused-ring (bicyclic) bond motifs is 2. The molecule has 2 amide bonds. The van der Waals surface area contributed by atoms with Crippen LogP contribution in [0.1, 0.15) is 31.8 Å². The van der Waals surface area contributed by atoms with Crippen LogP contribution < -0.4 is 20.4 Å². The summed E-state index contributed by atoms with van der Waals surface area (Å²) in [5.41, 5.74) is 0.809. The summed E-state index contributed by atoms with van der Waals surface area (Å²) in [5, 5.41) is 5.33. The van der Waals surface area contributed by atoms with Gasteiger partial charge >= 0.3 is 0 Å². The van der Waals surface area contributed by atoms with Crippen LogP contribution in [0.25, 0.3) is 0 Å². The Bertz CT molecular complexity index is 1650. The fourth-order valence-corrected chi connectivity index (χ4v) is 6.92. The van der Waals surface area contributed by atoms with Gasteiger partial charge in [0.15, 0.2) is 0 Å². The lowest BCUT2D eigenvalue weighted by atomic mass is 10.1. The van der Waals surface area contributed by atoms with E-state index < -0.39 is 34.9 Å². The van der Waals surface area contributed by atoms with Gasteiger partial charge in [-0.1, -0.05) is 21.6 Å². The normalized spacial score (nSPS) is 14.2. The first-order valence-corrected chi connectivity index (χ1v) is 15.2. The molecule has 0 unspecified atom stereocenters. The average Bonchev–Trinajstić information content (AvgIpc) is 2.98. The molecule has 0 fully saturated rings. The minimum Gasteiger partial charge on any atom is -0.349 e. The number of nitrogens with zero attached hydrogens (tertiary/aromatic N) is 2. The van der Waals surface area contributed by atoms with Gasteiger partial charge in [-0.05, 0) is 36.4 Å². The summed E-state index contributed by atoms with van der Waals surface area (Å²) in [6, 6.07) is 12.4. The maximum absolute atomic E-state index is 14.3. The van der Waals surface area contributed by atoms with Crippen molar-refractivity contribution in [2.24, 2.45) is 0 Å². The molecule has 4 aromatic rings. The fourth-order valence-electron chi connectivity index (χ4n) is 4.95. The van der Waals surface area contributed by atoms with Crippen molar-refractivity contribution in [3.63, 3.8) is 0 Å². The number of benzene rings is 4. The summed E-state index contributed by atoms with van der Waals surface area (Å²) in [5.74, 6) is -6.90. The molecule has 2 N–H and O–H groups in total. The van der Waals surface area contributed by atoms with Crippen molar-refractivity contribution < 1.29 is 35.9 Å². The molecule has 2 heterocycles. The number of nitrogens with one attached hydrogen (secondary N) is 2. The molecule has 4 aromatic carbocycles. The first-order valence-electron chi connectivity index (χ1n) is 13.0. The van der Waals surface area contributed by atoms with E-state index in [9.17, 15) is 35.9 Å². The molecule has 2 aliphatic rings. The van der Waals surface area contributed by atoms with Gasteiger partial charge < -0.3 is 20.4 Å². The second kappa shape index (κ2) is 12.0. The molecule has 0 radical (unpaired) electrons. The first kappa shape index (κ1) is 29.8. The van der Waals surface area contributed by atoms with Crippen LogP contribution in [0.15, 0.2) is 70.5 Å². The average molecular weight is 647 g/mol. The maximum atomic E-state index is 14.3. The second-order valence-corrected chi connectivity index (χ2v) is 12.2. The predicted octanol–water partition coefficient (Wildman–Crippen LogP) is 6.74. The van der Waals surface area contributed by atoms with E-state index in [0.29, 0.717) is 45.4 Å². The first-order chi connectivity index (χ1) is 21.1. The van der Waals surface area contributed by atoms with Gasteiger partial charge in [0.2, 0.25) is 0 Å². The standard InChI is InChI=1S/C30H20F6N4O2S2/c31-15-5-23(33)21(24(34)6-15)11-39-13-37-29(41)19-9-17(1-3-27(19)39)43-44-18-2-4-28-20(10-18)30(42)38-14-40(28)12-22-25(35)7-16(32)8-26(22)36/h1-10H,11-14H2,(H,37,41)(H,38,42). The molecule has 0 bridgehead atoms. The minimum absolute atomic E-state index is 0.00200. The van der Waals surface area contributed by atoms with Crippen molar-refractivity contribution in [2.75, 3.05) is 23.1 Å². The van der Waals surface area contributed by atoms with Crippen LogP contribution in [-0.2, 0) is 13.1 Å². The maximum Gasteiger partial charge on any atom is 0.254 e. The number of rotatable bonds is 7. The van der Waals surface area contributed by atoms with E-state index in [2.05, 4.69) is 10.6 Å². The Morgan fingerprint density at radius 3 is 1.30 bits per heavy atom. The number of carbonyl (C=O) groups excluding carboxylic acids is 2. The summed E-state index contributed by atoms with van der Waals surface area (Å²) >= 11 is 0. The van der Waals surface area contributed by atoms with E-state index in [4.69, 9.17) is 0 Å². The zero-order valence-corrected chi connectivity index (χ0v) is 24.0. The summed E-state index contributed by atoms with van der Waals surface area (Å²) in [7, 11) is 2.59. The zero-order valence-electron chi connectivity index (χ0n) is 22.4. The molecule has 6 nitrogen and oxygen atoms in total. The van der Waals surface area contributed by atoms with Crippen molar-refractivity contribution in [1.29, 1.82) is 0 Å². The lowest BCUT2D eigenvalue weighted by molar-refractivity contribution is 0.0939. The Hall–Kier alpha value is -4.30. The van der Waals surface area contributed by atoms with Crippen molar-refractivity contribution in [2.45, 2.75) is 22.9 Å². The highest BCUT2D eigenvalue weighted by atomic mass is 33.1. The van der Waals surface area contributed by atoms with Gasteiger partial charge in [-0.3, -0.25) is 9.59 Å². The molecule has 0 atom stereocenters. The molecule has 226 valence electrons. The quantitative estimate of drug-likeness (QED) is 0.172. The highest BCUT2D eigenvalue weighted by molar-refractivity contribution is 8.76. The van der Waals surface area contributed by atoms with Crippen LogP contribution in [-0.4, -0.2) is 25.2 Å². The smallest absolute Gasteiger partial charge is 0.254 e. The highest BCUT2D eigenvalue weighted by Gasteiger charge is 2.27. The summed E-state index contributed by atoms with van der Waals surface area (Å²) in [6.45, 7) is -0.474. The van der Waals surface area contributed by atoms with E-state index in [1.807, 2.05) is 0 Å². The Morgan fingerprint density at radius 1 is 0.568 bits per heavy atom. The van der Waals surface area contributed by atoms with Gasteiger partial charge in [0.1, 0.15) is 34.9 Å². The second-order valence-electron chi connectivity index (χ2n) is 9.94. The Kier molecular flexibility index (Phi) is 8.12. The molecular formula is C30H20F6N4O2S2. The van der Waals surface area contributed by atoms with Crippen molar-refractivity contribution in [3.05, 3.63) is 118 Å². The fraction of sp³-hybridized carbons (Fsp3) is 0.133. The number of anilines is 2. The zero-order chi connectivity index (χ0) is 31.1. The van der Waals surface area contributed by atoms with E-state index in [0.717, 1.165) is 0 Å². The van der Waals surface area contributed by atoms with Gasteiger partial charge in [-0.25, -0.2) is 26.3 Å². The molecule has 0 aromatic heterocycles. The van der Waals surface area contributed by atoms with Gasteiger partial charge in [-0.2, -0.15) is 0 Å². The number of hydrogen-bond donors (Lipinski definition) is 2. The van der Waals surface area contributed by atoms with Gasteiger partial charge in [0.05, 0.1) is 48.9 Å². The molecule has 0 spiro atoms. The summed E-state index contributed by atoms with van der Waals surface area (Å²) in [6.07, 6.45) is 0. The molecular weight excluding hydrogens is 626 g/mol. The highest BCUT2D eigenvalue weighted by Crippen LogP contribution is 2.41. The molecule has 44 heavy (non-hydrogen) atoms. The lowest BCUT2D eigenvalue weighted by Crippen LogP contribution is -2.43. The molecule has 0 saturated carbocycles. The summed E-state index contributed by atoms with van der Waals surface area (Å²) in [4.78, 5) is 29.8. The van der Waals surface area contributed by atoms with Crippen LogP contribution >= 0.6 is 21.6 Å². The third-order valence-corrected chi connectivity index (χ3v) is 9.49. The monoisotopic (exact) mass is 646 g/mol. The Balaban J connectivity index is 1.18.